The Morgan fingerprint density at radius 3 is 2.66 bits per heavy atom. The Bertz CT molecular complexity index is 976. The first kappa shape index (κ1) is 19.6. The van der Waals surface area contributed by atoms with Crippen molar-refractivity contribution in [1.29, 1.82) is 0 Å². The second kappa shape index (κ2) is 7.63. The van der Waals surface area contributed by atoms with Gasteiger partial charge in [0.2, 0.25) is 5.91 Å². The lowest BCUT2D eigenvalue weighted by Crippen LogP contribution is -2.44. The van der Waals surface area contributed by atoms with Gasteiger partial charge >= 0.3 is 6.03 Å². The number of urea groups is 1. The molecular weight excluding hydrogens is 434 g/mol. The highest BCUT2D eigenvalue weighted by Gasteiger charge is 2.55. The van der Waals surface area contributed by atoms with Gasteiger partial charge in [0.15, 0.2) is 0 Å². The molecule has 1 spiro atoms. The standard InChI is InChI=1S/C22H22BrN3O3/c1-2-18(15-7-9-16(23)10-8-15)24-19(27)13-26-20(28)22(25-21(26)29)12-11-14-5-3-4-6-17(14)22/h3-10,18H,2,11-13H2,1H3,(H,24,27)(H,25,29)/t18-,22-/m0/s1. The van der Waals surface area contributed by atoms with Crippen molar-refractivity contribution in [2.45, 2.75) is 37.8 Å². The Morgan fingerprint density at radius 2 is 1.93 bits per heavy atom. The number of aryl methyl sites for hydroxylation is 1. The molecule has 0 unspecified atom stereocenters. The minimum atomic E-state index is -1.04. The van der Waals surface area contributed by atoms with Gasteiger partial charge in [0.1, 0.15) is 12.1 Å². The number of carbonyl (C=O) groups is 3. The summed E-state index contributed by atoms with van der Waals surface area (Å²) in [4.78, 5) is 39.4. The SMILES string of the molecule is CC[C@H](NC(=O)CN1C(=O)N[C@]2(CCc3ccccc32)C1=O)c1ccc(Br)cc1. The van der Waals surface area contributed by atoms with E-state index in [4.69, 9.17) is 0 Å². The Hall–Kier alpha value is -2.67. The zero-order chi connectivity index (χ0) is 20.6. The third-order valence-electron chi connectivity index (χ3n) is 5.74. The molecule has 2 aliphatic rings. The van der Waals surface area contributed by atoms with E-state index in [1.807, 2.05) is 55.5 Å². The predicted molar refractivity (Wildman–Crippen MR) is 112 cm³/mol. The number of nitrogens with one attached hydrogen (secondary N) is 2. The number of halogens is 1. The summed E-state index contributed by atoms with van der Waals surface area (Å²) in [5.74, 6) is -0.703. The molecule has 7 heteroatoms. The molecule has 2 atom stereocenters. The summed E-state index contributed by atoms with van der Waals surface area (Å²) >= 11 is 3.40. The summed E-state index contributed by atoms with van der Waals surface area (Å²) in [7, 11) is 0. The monoisotopic (exact) mass is 455 g/mol. The fourth-order valence-electron chi connectivity index (χ4n) is 4.23. The zero-order valence-electron chi connectivity index (χ0n) is 16.1. The minimum Gasteiger partial charge on any atom is -0.348 e. The summed E-state index contributed by atoms with van der Waals surface area (Å²) in [5, 5.41) is 5.79. The van der Waals surface area contributed by atoms with Crippen LogP contribution in [0.4, 0.5) is 4.79 Å². The van der Waals surface area contributed by atoms with Crippen LogP contribution >= 0.6 is 15.9 Å². The van der Waals surface area contributed by atoms with Crippen LogP contribution in [0.2, 0.25) is 0 Å². The molecule has 1 aliphatic heterocycles. The van der Waals surface area contributed by atoms with E-state index in [1.165, 1.54) is 0 Å². The largest absolute Gasteiger partial charge is 0.348 e. The molecule has 4 rings (SSSR count). The van der Waals surface area contributed by atoms with Crippen LogP contribution in [0.3, 0.4) is 0 Å². The van der Waals surface area contributed by atoms with Gasteiger partial charge in [-0.05, 0) is 48.1 Å². The second-order valence-electron chi connectivity index (χ2n) is 7.46. The van der Waals surface area contributed by atoms with Crippen LogP contribution in [0.1, 0.15) is 42.5 Å². The first-order chi connectivity index (χ1) is 13.9. The number of nitrogens with zero attached hydrogens (tertiary/aromatic N) is 1. The van der Waals surface area contributed by atoms with Gasteiger partial charge in [-0.25, -0.2) is 4.79 Å². The molecule has 0 saturated carbocycles. The van der Waals surface area contributed by atoms with Crippen molar-refractivity contribution in [3.8, 4) is 0 Å². The normalized spacial score (nSPS) is 21.2. The van der Waals surface area contributed by atoms with Crippen LogP contribution < -0.4 is 10.6 Å². The van der Waals surface area contributed by atoms with Crippen molar-refractivity contribution in [3.63, 3.8) is 0 Å². The molecule has 6 nitrogen and oxygen atoms in total. The van der Waals surface area contributed by atoms with E-state index in [0.717, 1.165) is 32.5 Å². The molecule has 0 aromatic heterocycles. The maximum Gasteiger partial charge on any atom is 0.325 e. The van der Waals surface area contributed by atoms with Gasteiger partial charge < -0.3 is 10.6 Å². The highest BCUT2D eigenvalue weighted by molar-refractivity contribution is 9.10. The highest BCUT2D eigenvalue weighted by atomic mass is 79.9. The molecule has 29 heavy (non-hydrogen) atoms. The molecule has 150 valence electrons. The molecule has 1 saturated heterocycles. The lowest BCUT2D eigenvalue weighted by molar-refractivity contribution is -0.135. The summed E-state index contributed by atoms with van der Waals surface area (Å²) in [6, 6.07) is 14.7. The van der Waals surface area contributed by atoms with Gasteiger partial charge in [0, 0.05) is 4.47 Å². The number of carbonyl (C=O) groups excluding carboxylic acids is 3. The number of benzene rings is 2. The maximum absolute atomic E-state index is 13.2. The summed E-state index contributed by atoms with van der Waals surface area (Å²) < 4.78 is 0.962. The summed E-state index contributed by atoms with van der Waals surface area (Å²) in [6.45, 7) is 1.69. The van der Waals surface area contributed by atoms with Crippen molar-refractivity contribution in [3.05, 3.63) is 69.7 Å². The third-order valence-corrected chi connectivity index (χ3v) is 6.27. The highest BCUT2D eigenvalue weighted by Crippen LogP contribution is 2.41. The van der Waals surface area contributed by atoms with Crippen molar-refractivity contribution in [1.82, 2.24) is 15.5 Å². The zero-order valence-corrected chi connectivity index (χ0v) is 17.7. The van der Waals surface area contributed by atoms with Gasteiger partial charge in [-0.15, -0.1) is 0 Å². The second-order valence-corrected chi connectivity index (χ2v) is 8.38. The van der Waals surface area contributed by atoms with Gasteiger partial charge in [-0.3, -0.25) is 14.5 Å². The fraction of sp³-hybridized carbons (Fsp3) is 0.318. The predicted octanol–water partition coefficient (Wildman–Crippen LogP) is 3.41. The van der Waals surface area contributed by atoms with Crippen LogP contribution in [0.15, 0.2) is 53.0 Å². The van der Waals surface area contributed by atoms with Crippen LogP contribution in [0.25, 0.3) is 0 Å². The van der Waals surface area contributed by atoms with Gasteiger partial charge in [0.25, 0.3) is 5.91 Å². The number of imide groups is 1. The lowest BCUT2D eigenvalue weighted by atomic mass is 9.92. The van der Waals surface area contributed by atoms with E-state index >= 15 is 0 Å². The fourth-order valence-corrected chi connectivity index (χ4v) is 4.50. The number of hydrogen-bond donors (Lipinski definition) is 2. The van der Waals surface area contributed by atoms with Crippen LogP contribution in [0, 0.1) is 0 Å². The number of hydrogen-bond acceptors (Lipinski definition) is 3. The van der Waals surface area contributed by atoms with E-state index in [0.29, 0.717) is 12.8 Å². The van der Waals surface area contributed by atoms with E-state index < -0.39 is 11.6 Å². The quantitative estimate of drug-likeness (QED) is 0.677. The molecule has 4 amide bonds. The van der Waals surface area contributed by atoms with Crippen LogP contribution in [0.5, 0.6) is 0 Å². The molecule has 2 aromatic carbocycles. The number of fused-ring (bicyclic) bond motifs is 2. The van der Waals surface area contributed by atoms with Crippen molar-refractivity contribution < 1.29 is 14.4 Å². The molecular formula is C22H22BrN3O3. The van der Waals surface area contributed by atoms with Gasteiger partial charge in [-0.2, -0.15) is 0 Å². The van der Waals surface area contributed by atoms with Crippen molar-refractivity contribution in [2.24, 2.45) is 0 Å². The van der Waals surface area contributed by atoms with E-state index in [2.05, 4.69) is 26.6 Å². The third kappa shape index (κ3) is 3.44. The van der Waals surface area contributed by atoms with Gasteiger partial charge in [-0.1, -0.05) is 59.3 Å². The average molecular weight is 456 g/mol. The smallest absolute Gasteiger partial charge is 0.325 e. The van der Waals surface area contributed by atoms with Crippen LogP contribution in [-0.4, -0.2) is 29.3 Å². The Morgan fingerprint density at radius 1 is 1.21 bits per heavy atom. The number of amides is 4. The Balaban J connectivity index is 1.48. The van der Waals surface area contributed by atoms with E-state index in [9.17, 15) is 14.4 Å². The molecule has 0 radical (unpaired) electrons. The molecule has 2 N–H and O–H groups in total. The molecule has 1 fully saturated rings. The first-order valence-corrected chi connectivity index (χ1v) is 10.5. The van der Waals surface area contributed by atoms with Gasteiger partial charge in [0.05, 0.1) is 6.04 Å². The molecule has 1 aliphatic carbocycles. The minimum absolute atomic E-state index is 0.183. The lowest BCUT2D eigenvalue weighted by Gasteiger charge is -2.23. The van der Waals surface area contributed by atoms with Crippen LogP contribution in [-0.2, 0) is 21.5 Å². The Labute approximate surface area is 177 Å². The number of rotatable bonds is 5. The molecule has 2 aromatic rings. The molecule has 1 heterocycles. The summed E-state index contributed by atoms with van der Waals surface area (Å²) in [6.07, 6.45) is 1.94. The Kier molecular flexibility index (Phi) is 5.17. The van der Waals surface area contributed by atoms with E-state index in [1.54, 1.807) is 0 Å². The average Bonchev–Trinajstić information content (AvgIpc) is 3.20. The van der Waals surface area contributed by atoms with E-state index in [-0.39, 0.29) is 24.4 Å². The van der Waals surface area contributed by atoms with Crippen molar-refractivity contribution in [2.75, 3.05) is 6.54 Å². The maximum atomic E-state index is 13.2. The topological polar surface area (TPSA) is 78.5 Å². The molecule has 0 bridgehead atoms. The first-order valence-electron chi connectivity index (χ1n) is 9.72. The van der Waals surface area contributed by atoms with Crippen molar-refractivity contribution >= 4 is 33.8 Å². The summed E-state index contributed by atoms with van der Waals surface area (Å²) in [5.41, 5.74) is 1.84.